The van der Waals surface area contributed by atoms with E-state index in [1.807, 2.05) is 49.4 Å². The second-order valence-corrected chi connectivity index (χ2v) is 6.13. The number of nitrogens with one attached hydrogen (secondary N) is 1. The molecule has 130 valence electrons. The highest BCUT2D eigenvalue weighted by Crippen LogP contribution is 2.25. The minimum absolute atomic E-state index is 0.0609. The summed E-state index contributed by atoms with van der Waals surface area (Å²) in [5.74, 6) is 0.533. The van der Waals surface area contributed by atoms with Crippen LogP contribution < -0.4 is 15.0 Å². The molecule has 0 aromatic heterocycles. The smallest absolute Gasteiger partial charge is 0.258 e. The summed E-state index contributed by atoms with van der Waals surface area (Å²) in [5, 5.41) is 2.91. The zero-order valence-corrected chi connectivity index (χ0v) is 14.3. The number of ether oxygens (including phenoxy) is 1. The number of anilines is 1. The Morgan fingerprint density at radius 2 is 2.00 bits per heavy atom. The Labute approximate surface area is 147 Å². The Morgan fingerprint density at radius 1 is 1.20 bits per heavy atom. The van der Waals surface area contributed by atoms with Crippen LogP contribution in [-0.4, -0.2) is 25.0 Å². The molecule has 1 atom stereocenters. The van der Waals surface area contributed by atoms with Gasteiger partial charge in [0.25, 0.3) is 5.91 Å². The molecule has 1 fully saturated rings. The van der Waals surface area contributed by atoms with Gasteiger partial charge >= 0.3 is 0 Å². The van der Waals surface area contributed by atoms with E-state index in [1.54, 1.807) is 17.0 Å². The molecule has 1 heterocycles. The maximum Gasteiger partial charge on any atom is 0.258 e. The van der Waals surface area contributed by atoms with E-state index in [0.717, 1.165) is 24.2 Å². The summed E-state index contributed by atoms with van der Waals surface area (Å²) in [6, 6.07) is 17.0. The van der Waals surface area contributed by atoms with Crippen LogP contribution in [-0.2, 0) is 9.59 Å². The summed E-state index contributed by atoms with van der Waals surface area (Å²) in [6.07, 6.45) is 1.47. The lowest BCUT2D eigenvalue weighted by atomic mass is 10.1. The lowest BCUT2D eigenvalue weighted by Gasteiger charge is -2.17. The van der Waals surface area contributed by atoms with Crippen LogP contribution in [0.4, 0.5) is 5.69 Å². The molecule has 0 bridgehead atoms. The van der Waals surface area contributed by atoms with Crippen molar-refractivity contribution in [1.82, 2.24) is 5.32 Å². The van der Waals surface area contributed by atoms with Gasteiger partial charge in [0, 0.05) is 24.7 Å². The van der Waals surface area contributed by atoms with E-state index in [4.69, 9.17) is 4.74 Å². The van der Waals surface area contributed by atoms with Gasteiger partial charge < -0.3 is 15.0 Å². The number of nitrogens with zero attached hydrogens (tertiary/aromatic N) is 1. The third-order valence-electron chi connectivity index (χ3n) is 4.25. The summed E-state index contributed by atoms with van der Waals surface area (Å²) in [7, 11) is 0. The quantitative estimate of drug-likeness (QED) is 0.881. The molecule has 1 aliphatic heterocycles. The molecule has 2 amide bonds. The van der Waals surface area contributed by atoms with Crippen LogP contribution in [0, 0.1) is 0 Å². The average Bonchev–Trinajstić information content (AvgIpc) is 3.07. The summed E-state index contributed by atoms with van der Waals surface area (Å²) in [4.78, 5) is 25.7. The number of hydrogen-bond acceptors (Lipinski definition) is 3. The number of hydrogen-bond donors (Lipinski definition) is 1. The van der Waals surface area contributed by atoms with Crippen LogP contribution in [0.15, 0.2) is 54.6 Å². The minimum atomic E-state index is -0.181. The molecule has 1 saturated heterocycles. The van der Waals surface area contributed by atoms with Crippen molar-refractivity contribution < 1.29 is 14.3 Å². The lowest BCUT2D eigenvalue weighted by molar-refractivity contribution is -0.123. The van der Waals surface area contributed by atoms with Crippen LogP contribution >= 0.6 is 0 Å². The van der Waals surface area contributed by atoms with Crippen molar-refractivity contribution in [1.29, 1.82) is 0 Å². The van der Waals surface area contributed by atoms with E-state index < -0.39 is 0 Å². The predicted octanol–water partition coefficient (Wildman–Crippen LogP) is 3.07. The Kier molecular flexibility index (Phi) is 5.33. The van der Waals surface area contributed by atoms with E-state index >= 15 is 0 Å². The van der Waals surface area contributed by atoms with E-state index in [9.17, 15) is 9.59 Å². The zero-order valence-electron chi connectivity index (χ0n) is 14.3. The molecule has 0 saturated carbocycles. The van der Waals surface area contributed by atoms with Crippen molar-refractivity contribution in [3.05, 3.63) is 60.2 Å². The third kappa shape index (κ3) is 4.38. The first-order chi connectivity index (χ1) is 12.1. The summed E-state index contributed by atoms with van der Waals surface area (Å²) in [5.41, 5.74) is 1.86. The SMILES string of the molecule is C[C@H](NC(=O)COc1cccc(N2CCCC2=O)c1)c1ccccc1. The first-order valence-corrected chi connectivity index (χ1v) is 8.51. The van der Waals surface area contributed by atoms with Crippen LogP contribution in [0.2, 0.25) is 0 Å². The number of benzene rings is 2. The van der Waals surface area contributed by atoms with Gasteiger partial charge in [-0.15, -0.1) is 0 Å². The van der Waals surface area contributed by atoms with Crippen molar-refractivity contribution in [2.75, 3.05) is 18.1 Å². The summed E-state index contributed by atoms with van der Waals surface area (Å²) < 4.78 is 5.59. The second kappa shape index (κ2) is 7.83. The highest BCUT2D eigenvalue weighted by atomic mass is 16.5. The fourth-order valence-corrected chi connectivity index (χ4v) is 2.92. The van der Waals surface area contributed by atoms with Crippen molar-refractivity contribution in [3.8, 4) is 5.75 Å². The van der Waals surface area contributed by atoms with Gasteiger partial charge in [-0.2, -0.15) is 0 Å². The van der Waals surface area contributed by atoms with Gasteiger partial charge in [0.15, 0.2) is 6.61 Å². The van der Waals surface area contributed by atoms with Crippen molar-refractivity contribution in [2.45, 2.75) is 25.8 Å². The first-order valence-electron chi connectivity index (χ1n) is 8.51. The van der Waals surface area contributed by atoms with Gasteiger partial charge in [0.05, 0.1) is 6.04 Å². The molecule has 2 aromatic rings. The van der Waals surface area contributed by atoms with E-state index in [0.29, 0.717) is 12.2 Å². The maximum atomic E-state index is 12.1. The third-order valence-corrected chi connectivity index (χ3v) is 4.25. The molecule has 5 nitrogen and oxygen atoms in total. The Bertz CT molecular complexity index is 746. The summed E-state index contributed by atoms with van der Waals surface area (Å²) in [6.45, 7) is 2.61. The monoisotopic (exact) mass is 338 g/mol. The Balaban J connectivity index is 1.54. The largest absolute Gasteiger partial charge is 0.484 e. The van der Waals surface area contributed by atoms with Gasteiger partial charge in [-0.3, -0.25) is 9.59 Å². The Morgan fingerprint density at radius 3 is 2.72 bits per heavy atom. The molecular formula is C20H22N2O3. The molecular weight excluding hydrogens is 316 g/mol. The zero-order chi connectivity index (χ0) is 17.6. The molecule has 1 N–H and O–H groups in total. The predicted molar refractivity (Wildman–Crippen MR) is 96.5 cm³/mol. The van der Waals surface area contributed by atoms with Crippen LogP contribution in [0.3, 0.4) is 0 Å². The molecule has 2 aromatic carbocycles. The van der Waals surface area contributed by atoms with Gasteiger partial charge in [0.2, 0.25) is 5.91 Å². The number of carbonyl (C=O) groups is 2. The second-order valence-electron chi connectivity index (χ2n) is 6.13. The standard InChI is InChI=1S/C20H22N2O3/c1-15(16-7-3-2-4-8-16)21-19(23)14-25-18-10-5-9-17(13-18)22-12-6-11-20(22)24/h2-5,7-10,13,15H,6,11-12,14H2,1H3,(H,21,23)/t15-/m0/s1. The number of carbonyl (C=O) groups excluding carboxylic acids is 2. The molecule has 0 radical (unpaired) electrons. The van der Waals surface area contributed by atoms with E-state index in [2.05, 4.69) is 5.32 Å². The van der Waals surface area contributed by atoms with Crippen LogP contribution in [0.1, 0.15) is 31.4 Å². The molecule has 0 unspecified atom stereocenters. The van der Waals surface area contributed by atoms with Crippen molar-refractivity contribution in [2.24, 2.45) is 0 Å². The van der Waals surface area contributed by atoms with Gasteiger partial charge in [-0.05, 0) is 31.0 Å². The number of rotatable bonds is 6. The van der Waals surface area contributed by atoms with E-state index in [1.165, 1.54) is 0 Å². The van der Waals surface area contributed by atoms with Crippen molar-refractivity contribution in [3.63, 3.8) is 0 Å². The van der Waals surface area contributed by atoms with Crippen LogP contribution in [0.25, 0.3) is 0 Å². The first kappa shape index (κ1) is 17.0. The van der Waals surface area contributed by atoms with E-state index in [-0.39, 0.29) is 24.5 Å². The van der Waals surface area contributed by atoms with Crippen LogP contribution in [0.5, 0.6) is 5.75 Å². The Hall–Kier alpha value is -2.82. The summed E-state index contributed by atoms with van der Waals surface area (Å²) >= 11 is 0. The molecule has 0 aliphatic carbocycles. The fraction of sp³-hybridized carbons (Fsp3) is 0.300. The van der Waals surface area contributed by atoms with Gasteiger partial charge in [0.1, 0.15) is 5.75 Å². The molecule has 0 spiro atoms. The molecule has 1 aliphatic rings. The van der Waals surface area contributed by atoms with Gasteiger partial charge in [-0.1, -0.05) is 36.4 Å². The molecule has 5 heteroatoms. The maximum absolute atomic E-state index is 12.1. The average molecular weight is 338 g/mol. The number of amides is 2. The normalized spacial score (nSPS) is 15.1. The fourth-order valence-electron chi connectivity index (χ4n) is 2.92. The topological polar surface area (TPSA) is 58.6 Å². The highest BCUT2D eigenvalue weighted by Gasteiger charge is 2.21. The highest BCUT2D eigenvalue weighted by molar-refractivity contribution is 5.95. The molecule has 3 rings (SSSR count). The lowest BCUT2D eigenvalue weighted by Crippen LogP contribution is -2.31. The molecule has 25 heavy (non-hydrogen) atoms. The van der Waals surface area contributed by atoms with Gasteiger partial charge in [-0.25, -0.2) is 0 Å². The van der Waals surface area contributed by atoms with Crippen molar-refractivity contribution >= 4 is 17.5 Å². The minimum Gasteiger partial charge on any atom is -0.484 e.